The Kier molecular flexibility index (Phi) is 5.28. The number of aliphatic hydroxyl groups excluding tert-OH is 1. The fraction of sp³-hybridized carbons (Fsp3) is 0.143. The molecule has 0 saturated heterocycles. The number of aliphatic hydroxyl groups is 1. The van der Waals surface area contributed by atoms with Gasteiger partial charge >= 0.3 is 0 Å². The average molecular weight is 406 g/mol. The van der Waals surface area contributed by atoms with E-state index in [4.69, 9.17) is 11.6 Å². The van der Waals surface area contributed by atoms with Gasteiger partial charge < -0.3 is 10.4 Å². The summed E-state index contributed by atoms with van der Waals surface area (Å²) in [5.74, 6) is 0. The molecule has 5 heteroatoms. The van der Waals surface area contributed by atoms with E-state index in [0.29, 0.717) is 11.6 Å². The molecule has 0 aliphatic carbocycles. The minimum atomic E-state index is -0.569. The molecule has 2 N–H and O–H groups in total. The third-order valence-corrected chi connectivity index (χ3v) is 4.03. The molecule has 1 unspecified atom stereocenters. The van der Waals surface area contributed by atoms with Crippen LogP contribution in [0.4, 0.5) is 5.69 Å². The van der Waals surface area contributed by atoms with E-state index in [0.717, 1.165) is 20.2 Å². The average Bonchev–Trinajstić information content (AvgIpc) is 2.37. The molecule has 19 heavy (non-hydrogen) atoms. The fourth-order valence-electron chi connectivity index (χ4n) is 1.67. The lowest BCUT2D eigenvalue weighted by Gasteiger charge is -2.14. The van der Waals surface area contributed by atoms with E-state index in [1.54, 1.807) is 6.07 Å². The molecule has 0 bridgehead atoms. The first kappa shape index (κ1) is 14.9. The van der Waals surface area contributed by atoms with Gasteiger partial charge in [-0.25, -0.2) is 0 Å². The third-order valence-electron chi connectivity index (χ3n) is 2.65. The van der Waals surface area contributed by atoms with Crippen LogP contribution < -0.4 is 5.32 Å². The lowest BCUT2D eigenvalue weighted by molar-refractivity contribution is 0.191. The second-order valence-corrected chi connectivity index (χ2v) is 6.28. The zero-order valence-electron chi connectivity index (χ0n) is 9.91. The molecular formula is C14H12Br2ClNO. The van der Waals surface area contributed by atoms with E-state index in [1.165, 1.54) is 0 Å². The van der Waals surface area contributed by atoms with Gasteiger partial charge in [-0.05, 0) is 51.8 Å². The largest absolute Gasteiger partial charge is 0.387 e. The zero-order chi connectivity index (χ0) is 13.8. The first-order valence-corrected chi connectivity index (χ1v) is 7.65. The van der Waals surface area contributed by atoms with E-state index < -0.39 is 6.10 Å². The van der Waals surface area contributed by atoms with Gasteiger partial charge in [0.2, 0.25) is 0 Å². The maximum absolute atomic E-state index is 10.1. The molecule has 2 aromatic rings. The number of rotatable bonds is 4. The standard InChI is InChI=1S/C14H12Br2ClNO/c15-10-3-1-2-9(6-10)14(19)8-18-13-5-4-11(17)7-12(13)16/h1-7,14,18-19H,8H2. The molecule has 100 valence electrons. The molecule has 0 heterocycles. The molecule has 0 aromatic heterocycles. The van der Waals surface area contributed by atoms with Gasteiger partial charge in [-0.1, -0.05) is 39.7 Å². The monoisotopic (exact) mass is 403 g/mol. The van der Waals surface area contributed by atoms with E-state index >= 15 is 0 Å². The Balaban J connectivity index is 2.02. The van der Waals surface area contributed by atoms with Gasteiger partial charge in [-0.3, -0.25) is 0 Å². The smallest absolute Gasteiger partial charge is 0.0962 e. The predicted octanol–water partition coefficient (Wildman–Crippen LogP) is 5.01. The first-order chi connectivity index (χ1) is 9.06. The van der Waals surface area contributed by atoms with Crippen molar-refractivity contribution in [2.75, 3.05) is 11.9 Å². The van der Waals surface area contributed by atoms with Crippen LogP contribution in [-0.2, 0) is 0 Å². The van der Waals surface area contributed by atoms with Gasteiger partial charge in [0.25, 0.3) is 0 Å². The van der Waals surface area contributed by atoms with E-state index in [9.17, 15) is 5.11 Å². The highest BCUT2D eigenvalue weighted by Crippen LogP contribution is 2.27. The molecule has 1 atom stereocenters. The van der Waals surface area contributed by atoms with Gasteiger partial charge in [0, 0.05) is 26.2 Å². The summed E-state index contributed by atoms with van der Waals surface area (Å²) in [7, 11) is 0. The van der Waals surface area contributed by atoms with Crippen LogP contribution in [-0.4, -0.2) is 11.7 Å². The zero-order valence-corrected chi connectivity index (χ0v) is 13.8. The second-order valence-electron chi connectivity index (χ2n) is 4.08. The molecule has 0 radical (unpaired) electrons. The van der Waals surface area contributed by atoms with Crippen LogP contribution in [0.1, 0.15) is 11.7 Å². The molecule has 0 amide bonds. The van der Waals surface area contributed by atoms with E-state index in [-0.39, 0.29) is 0 Å². The molecule has 0 aliphatic rings. The summed E-state index contributed by atoms with van der Waals surface area (Å²) < 4.78 is 1.83. The highest BCUT2D eigenvalue weighted by atomic mass is 79.9. The Bertz CT molecular complexity index is 577. The Hall–Kier alpha value is -0.550. The number of hydrogen-bond acceptors (Lipinski definition) is 2. The molecule has 0 spiro atoms. The minimum absolute atomic E-state index is 0.427. The van der Waals surface area contributed by atoms with Crippen LogP contribution in [0.5, 0.6) is 0 Å². The van der Waals surface area contributed by atoms with Crippen LogP contribution in [0.2, 0.25) is 5.02 Å². The van der Waals surface area contributed by atoms with E-state index in [2.05, 4.69) is 37.2 Å². The molecule has 0 saturated carbocycles. The van der Waals surface area contributed by atoms with Crippen molar-refractivity contribution in [1.29, 1.82) is 0 Å². The number of halogens is 3. The lowest BCUT2D eigenvalue weighted by Crippen LogP contribution is -2.12. The Morgan fingerprint density at radius 1 is 1.16 bits per heavy atom. The summed E-state index contributed by atoms with van der Waals surface area (Å²) in [6, 6.07) is 13.1. The van der Waals surface area contributed by atoms with Crippen molar-refractivity contribution in [3.8, 4) is 0 Å². The molecule has 2 aromatic carbocycles. The van der Waals surface area contributed by atoms with Gasteiger partial charge in [0.1, 0.15) is 0 Å². The van der Waals surface area contributed by atoms with Crippen LogP contribution in [0.25, 0.3) is 0 Å². The van der Waals surface area contributed by atoms with Crippen molar-refractivity contribution in [2.45, 2.75) is 6.10 Å². The van der Waals surface area contributed by atoms with Crippen LogP contribution in [0.15, 0.2) is 51.4 Å². The molecule has 2 nitrogen and oxygen atoms in total. The van der Waals surface area contributed by atoms with Crippen molar-refractivity contribution >= 4 is 49.1 Å². The SMILES string of the molecule is OC(CNc1ccc(Cl)cc1Br)c1cccc(Br)c1. The highest BCUT2D eigenvalue weighted by Gasteiger charge is 2.08. The van der Waals surface area contributed by atoms with Gasteiger partial charge in [0.15, 0.2) is 0 Å². The van der Waals surface area contributed by atoms with Gasteiger partial charge in [0.05, 0.1) is 6.10 Å². The summed E-state index contributed by atoms with van der Waals surface area (Å²) in [5.41, 5.74) is 1.77. The van der Waals surface area contributed by atoms with Crippen molar-refractivity contribution in [2.24, 2.45) is 0 Å². The maximum Gasteiger partial charge on any atom is 0.0962 e. The van der Waals surface area contributed by atoms with Gasteiger partial charge in [-0.15, -0.1) is 0 Å². The summed E-state index contributed by atoms with van der Waals surface area (Å²) >= 11 is 12.7. The van der Waals surface area contributed by atoms with E-state index in [1.807, 2.05) is 36.4 Å². The number of anilines is 1. The summed E-state index contributed by atoms with van der Waals surface area (Å²) in [4.78, 5) is 0. The number of nitrogens with one attached hydrogen (secondary N) is 1. The van der Waals surface area contributed by atoms with Crippen LogP contribution in [0.3, 0.4) is 0 Å². The summed E-state index contributed by atoms with van der Waals surface area (Å²) in [6.07, 6.45) is -0.569. The summed E-state index contributed by atoms with van der Waals surface area (Å²) in [6.45, 7) is 0.427. The number of benzene rings is 2. The predicted molar refractivity (Wildman–Crippen MR) is 86.7 cm³/mol. The van der Waals surface area contributed by atoms with Crippen molar-refractivity contribution in [3.63, 3.8) is 0 Å². The molecular weight excluding hydrogens is 393 g/mol. The number of hydrogen-bond donors (Lipinski definition) is 2. The molecule has 2 rings (SSSR count). The lowest BCUT2D eigenvalue weighted by atomic mass is 10.1. The van der Waals surface area contributed by atoms with Crippen molar-refractivity contribution in [3.05, 3.63) is 62.0 Å². The van der Waals surface area contributed by atoms with Gasteiger partial charge in [-0.2, -0.15) is 0 Å². The Morgan fingerprint density at radius 3 is 2.63 bits per heavy atom. The van der Waals surface area contributed by atoms with Crippen molar-refractivity contribution < 1.29 is 5.11 Å². The Morgan fingerprint density at radius 2 is 1.95 bits per heavy atom. The topological polar surface area (TPSA) is 32.3 Å². The normalized spacial score (nSPS) is 12.2. The quantitative estimate of drug-likeness (QED) is 0.749. The minimum Gasteiger partial charge on any atom is -0.387 e. The van der Waals surface area contributed by atoms with Crippen LogP contribution in [0, 0.1) is 0 Å². The highest BCUT2D eigenvalue weighted by molar-refractivity contribution is 9.10. The van der Waals surface area contributed by atoms with Crippen molar-refractivity contribution in [1.82, 2.24) is 0 Å². The fourth-order valence-corrected chi connectivity index (χ4v) is 2.91. The summed E-state index contributed by atoms with van der Waals surface area (Å²) in [5, 5.41) is 14.0. The van der Waals surface area contributed by atoms with Crippen LogP contribution >= 0.6 is 43.5 Å². The molecule has 0 fully saturated rings. The second kappa shape index (κ2) is 6.75. The Labute approximate surface area is 134 Å². The molecule has 0 aliphatic heterocycles. The maximum atomic E-state index is 10.1. The third kappa shape index (κ3) is 4.21. The first-order valence-electron chi connectivity index (χ1n) is 5.69.